The van der Waals surface area contributed by atoms with E-state index >= 15 is 0 Å². The van der Waals surface area contributed by atoms with Crippen molar-refractivity contribution in [1.82, 2.24) is 4.98 Å². The van der Waals surface area contributed by atoms with E-state index in [0.29, 0.717) is 13.0 Å². The number of rotatable bonds is 1. The van der Waals surface area contributed by atoms with Gasteiger partial charge in [-0.15, -0.1) is 0 Å². The Kier molecular flexibility index (Phi) is 2.87. The Morgan fingerprint density at radius 1 is 1.44 bits per heavy atom. The molecule has 0 bridgehead atoms. The third-order valence-corrected chi connectivity index (χ3v) is 3.01. The summed E-state index contributed by atoms with van der Waals surface area (Å²) in [7, 11) is 0. The molecule has 88 valence electrons. The minimum Gasteiger partial charge on any atom is -0.368 e. The van der Waals surface area contributed by atoms with Crippen LogP contribution < -0.4 is 4.90 Å². The van der Waals surface area contributed by atoms with Gasteiger partial charge in [-0.3, -0.25) is 4.98 Å². The van der Waals surface area contributed by atoms with Crippen LogP contribution in [0.4, 0.5) is 10.1 Å². The molecule has 1 aromatic heterocycles. The van der Waals surface area contributed by atoms with Crippen LogP contribution in [0.2, 0.25) is 0 Å². The van der Waals surface area contributed by atoms with Gasteiger partial charge in [0.1, 0.15) is 6.17 Å². The predicted octanol–water partition coefficient (Wildman–Crippen LogP) is 2.93. The van der Waals surface area contributed by atoms with Gasteiger partial charge >= 0.3 is 0 Å². The van der Waals surface area contributed by atoms with Crippen LogP contribution in [0.3, 0.4) is 0 Å². The molecule has 0 amide bonds. The Morgan fingerprint density at radius 3 is 2.75 bits per heavy atom. The first kappa shape index (κ1) is 11.4. The molecular formula is C13H19FN2. The molecule has 1 saturated heterocycles. The van der Waals surface area contributed by atoms with Crippen molar-refractivity contribution in [2.45, 2.75) is 38.8 Å². The Labute approximate surface area is 96.5 Å². The van der Waals surface area contributed by atoms with Crippen molar-refractivity contribution in [1.29, 1.82) is 0 Å². The summed E-state index contributed by atoms with van der Waals surface area (Å²) in [6.07, 6.45) is 1.79. The predicted molar refractivity (Wildman–Crippen MR) is 64.7 cm³/mol. The van der Waals surface area contributed by atoms with Crippen molar-refractivity contribution in [3.8, 4) is 0 Å². The average Bonchev–Trinajstić information content (AvgIpc) is 2.64. The second-order valence-electron chi connectivity index (χ2n) is 5.48. The number of alkyl halides is 1. The summed E-state index contributed by atoms with van der Waals surface area (Å²) in [4.78, 5) is 6.48. The van der Waals surface area contributed by atoms with Crippen LogP contribution in [0.1, 0.15) is 32.9 Å². The lowest BCUT2D eigenvalue weighted by Crippen LogP contribution is -2.21. The fraction of sp³-hybridized carbons (Fsp3) is 0.615. The highest BCUT2D eigenvalue weighted by Gasteiger charge is 2.23. The van der Waals surface area contributed by atoms with Gasteiger partial charge in [-0.05, 0) is 18.6 Å². The largest absolute Gasteiger partial charge is 0.368 e. The minimum absolute atomic E-state index is 0.0465. The highest BCUT2D eigenvalue weighted by molar-refractivity contribution is 5.48. The molecule has 1 atom stereocenters. The van der Waals surface area contributed by atoms with Gasteiger partial charge in [0.2, 0.25) is 0 Å². The van der Waals surface area contributed by atoms with Crippen molar-refractivity contribution in [3.05, 3.63) is 24.0 Å². The number of nitrogens with zero attached hydrogens (tertiary/aromatic N) is 2. The zero-order valence-electron chi connectivity index (χ0n) is 10.2. The molecule has 2 heterocycles. The number of pyridine rings is 1. The zero-order valence-corrected chi connectivity index (χ0v) is 10.2. The van der Waals surface area contributed by atoms with E-state index < -0.39 is 6.17 Å². The first-order valence-corrected chi connectivity index (χ1v) is 5.82. The molecule has 0 spiro atoms. The van der Waals surface area contributed by atoms with Gasteiger partial charge in [0.25, 0.3) is 0 Å². The third-order valence-electron chi connectivity index (χ3n) is 3.01. The van der Waals surface area contributed by atoms with E-state index in [-0.39, 0.29) is 5.41 Å². The van der Waals surface area contributed by atoms with Crippen molar-refractivity contribution in [2.24, 2.45) is 0 Å². The average molecular weight is 222 g/mol. The molecule has 3 heteroatoms. The Hall–Kier alpha value is -1.12. The maximum absolute atomic E-state index is 13.1. The number of anilines is 1. The molecule has 2 rings (SSSR count). The quantitative estimate of drug-likeness (QED) is 0.726. The number of hydrogen-bond donors (Lipinski definition) is 0. The second kappa shape index (κ2) is 4.04. The lowest BCUT2D eigenvalue weighted by atomic mass is 9.91. The van der Waals surface area contributed by atoms with Gasteiger partial charge in [0.15, 0.2) is 0 Å². The molecule has 0 aromatic carbocycles. The van der Waals surface area contributed by atoms with Crippen molar-refractivity contribution >= 4 is 5.69 Å². The third kappa shape index (κ3) is 2.34. The van der Waals surface area contributed by atoms with Crippen LogP contribution in [-0.4, -0.2) is 24.2 Å². The smallest absolute Gasteiger partial charge is 0.119 e. The van der Waals surface area contributed by atoms with Crippen LogP contribution in [0.25, 0.3) is 0 Å². The lowest BCUT2D eigenvalue weighted by Gasteiger charge is -2.22. The van der Waals surface area contributed by atoms with Crippen LogP contribution in [0.15, 0.2) is 18.3 Å². The fourth-order valence-electron chi connectivity index (χ4n) is 1.98. The van der Waals surface area contributed by atoms with Crippen molar-refractivity contribution < 1.29 is 4.39 Å². The van der Waals surface area contributed by atoms with E-state index in [0.717, 1.165) is 17.9 Å². The number of aromatic nitrogens is 1. The molecule has 1 aliphatic rings. The lowest BCUT2D eigenvalue weighted by molar-refractivity contribution is 0.364. The maximum atomic E-state index is 13.1. The summed E-state index contributed by atoms with van der Waals surface area (Å²) in [6, 6.07) is 4.05. The van der Waals surface area contributed by atoms with Gasteiger partial charge in [-0.2, -0.15) is 0 Å². The zero-order chi connectivity index (χ0) is 11.8. The van der Waals surface area contributed by atoms with E-state index in [2.05, 4.69) is 36.7 Å². The van der Waals surface area contributed by atoms with Gasteiger partial charge in [-0.1, -0.05) is 20.8 Å². The molecule has 0 saturated carbocycles. The number of hydrogen-bond acceptors (Lipinski definition) is 2. The van der Waals surface area contributed by atoms with E-state index in [4.69, 9.17) is 0 Å². The maximum Gasteiger partial charge on any atom is 0.119 e. The normalized spacial score (nSPS) is 21.5. The summed E-state index contributed by atoms with van der Waals surface area (Å²) in [5.41, 5.74) is 2.21. The SMILES string of the molecule is CC(C)(C)c1cc(N2CCC(F)C2)ccn1. The second-order valence-corrected chi connectivity index (χ2v) is 5.48. The molecule has 16 heavy (non-hydrogen) atoms. The summed E-state index contributed by atoms with van der Waals surface area (Å²) in [6.45, 7) is 7.76. The van der Waals surface area contributed by atoms with Crippen LogP contribution in [0, 0.1) is 0 Å². The fourth-order valence-corrected chi connectivity index (χ4v) is 1.98. The Morgan fingerprint density at radius 2 is 2.19 bits per heavy atom. The molecule has 1 fully saturated rings. The molecule has 2 nitrogen and oxygen atoms in total. The molecule has 1 unspecified atom stereocenters. The van der Waals surface area contributed by atoms with E-state index in [1.165, 1.54) is 0 Å². The first-order valence-electron chi connectivity index (χ1n) is 5.82. The van der Waals surface area contributed by atoms with Gasteiger partial charge in [-0.25, -0.2) is 4.39 Å². The molecule has 1 aromatic rings. The van der Waals surface area contributed by atoms with Crippen molar-refractivity contribution in [2.75, 3.05) is 18.0 Å². The summed E-state index contributed by atoms with van der Waals surface area (Å²) < 4.78 is 13.1. The van der Waals surface area contributed by atoms with Gasteiger partial charge in [0.05, 0.1) is 0 Å². The van der Waals surface area contributed by atoms with E-state index in [9.17, 15) is 4.39 Å². The molecular weight excluding hydrogens is 203 g/mol. The first-order chi connectivity index (χ1) is 7.47. The Balaban J connectivity index is 2.23. The molecule has 0 N–H and O–H groups in total. The van der Waals surface area contributed by atoms with Crippen LogP contribution in [-0.2, 0) is 5.41 Å². The topological polar surface area (TPSA) is 16.1 Å². The summed E-state index contributed by atoms with van der Waals surface area (Å²) in [5, 5.41) is 0. The van der Waals surface area contributed by atoms with Crippen LogP contribution in [0.5, 0.6) is 0 Å². The van der Waals surface area contributed by atoms with Crippen LogP contribution >= 0.6 is 0 Å². The van der Waals surface area contributed by atoms with Gasteiger partial charge < -0.3 is 4.90 Å². The minimum atomic E-state index is -0.675. The van der Waals surface area contributed by atoms with E-state index in [1.807, 2.05) is 12.3 Å². The van der Waals surface area contributed by atoms with E-state index in [1.54, 1.807) is 0 Å². The number of halogens is 1. The Bertz CT molecular complexity index is 370. The summed E-state index contributed by atoms with van der Waals surface area (Å²) >= 11 is 0. The van der Waals surface area contributed by atoms with Crippen molar-refractivity contribution in [3.63, 3.8) is 0 Å². The highest BCUT2D eigenvalue weighted by atomic mass is 19.1. The molecule has 0 radical (unpaired) electrons. The monoisotopic (exact) mass is 222 g/mol. The highest BCUT2D eigenvalue weighted by Crippen LogP contribution is 2.26. The molecule has 0 aliphatic carbocycles. The van der Waals surface area contributed by atoms with Gasteiger partial charge in [0, 0.05) is 36.1 Å². The molecule has 1 aliphatic heterocycles. The standard InChI is InChI=1S/C13H19FN2/c1-13(2,3)12-8-11(4-6-15-12)16-7-5-10(14)9-16/h4,6,8,10H,5,7,9H2,1-3H3. The summed E-state index contributed by atoms with van der Waals surface area (Å²) in [5.74, 6) is 0.